The molecule has 0 aliphatic carbocycles. The topological polar surface area (TPSA) is 274 Å². The van der Waals surface area contributed by atoms with Gasteiger partial charge in [-0.3, -0.25) is 25.5 Å². The van der Waals surface area contributed by atoms with Gasteiger partial charge in [0.1, 0.15) is 47.1 Å². The van der Waals surface area contributed by atoms with Crippen LogP contribution in [0.15, 0.2) is 152 Å². The molecule has 3 saturated heterocycles. The van der Waals surface area contributed by atoms with Gasteiger partial charge in [-0.1, -0.05) is 87.5 Å². The molecule has 3 unspecified atom stereocenters. The van der Waals surface area contributed by atoms with Crippen LogP contribution in [0.1, 0.15) is 173 Å². The lowest BCUT2D eigenvalue weighted by molar-refractivity contribution is -0.0796. The van der Waals surface area contributed by atoms with Crippen LogP contribution in [0.2, 0.25) is 0 Å². The van der Waals surface area contributed by atoms with Crippen LogP contribution in [-0.2, 0) is 46.9 Å². The van der Waals surface area contributed by atoms with Crippen LogP contribution < -0.4 is 23.7 Å². The summed E-state index contributed by atoms with van der Waals surface area (Å²) < 4.78 is 45.2. The van der Waals surface area contributed by atoms with E-state index in [2.05, 4.69) is 194 Å². The molecule has 0 amide bonds. The van der Waals surface area contributed by atoms with E-state index in [0.717, 1.165) is 216 Å². The number of aromatic nitrogens is 10. The maximum absolute atomic E-state index is 9.40. The van der Waals surface area contributed by atoms with Crippen molar-refractivity contribution < 1.29 is 48.1 Å². The van der Waals surface area contributed by atoms with Crippen LogP contribution in [0.4, 0.5) is 0 Å². The summed E-state index contributed by atoms with van der Waals surface area (Å²) in [5.74, 6) is 5.70. The van der Waals surface area contributed by atoms with Crippen LogP contribution in [0.25, 0.3) is 56.3 Å². The highest BCUT2D eigenvalue weighted by molar-refractivity contribution is 5.67. The van der Waals surface area contributed by atoms with Gasteiger partial charge in [-0.15, -0.1) is 0 Å². The van der Waals surface area contributed by atoms with Crippen molar-refractivity contribution in [3.8, 4) is 85.0 Å². The van der Waals surface area contributed by atoms with Gasteiger partial charge in [0.05, 0.1) is 106 Å². The molecule has 5 aromatic carbocycles. The predicted octanol–water partition coefficient (Wildman–Crippen LogP) is 18.1. The van der Waals surface area contributed by atoms with E-state index in [1.807, 2.05) is 125 Å². The number of H-pyrrole nitrogens is 5. The van der Waals surface area contributed by atoms with Crippen molar-refractivity contribution in [2.24, 2.45) is 17.8 Å². The fraction of sp³-hybridized carbons (Fsp3) is 0.541. The molecule has 0 bridgehead atoms. The van der Waals surface area contributed by atoms with E-state index < -0.39 is 0 Å². The minimum atomic E-state index is -0.180. The summed E-state index contributed by atoms with van der Waals surface area (Å²) in [4.78, 5) is 11.7. The average molecular weight is 1690 g/mol. The van der Waals surface area contributed by atoms with Crippen LogP contribution in [-0.4, -0.2) is 238 Å². The molecule has 0 spiro atoms. The number of aliphatic hydroxyl groups excluding tert-OH is 2. The minimum Gasteiger partial charge on any atom is -0.493 e. The van der Waals surface area contributed by atoms with Crippen LogP contribution in [0.3, 0.4) is 0 Å². The number of hydrogen-bond donors (Lipinski definition) is 7. The Balaban J connectivity index is 0.000000174. The first-order valence-corrected chi connectivity index (χ1v) is 45.3. The number of unbranched alkanes of at least 4 members (excludes halogenated alkanes) is 5. The quantitative estimate of drug-likeness (QED) is 0.0187. The molecule has 672 valence electrons. The normalized spacial score (nSPS) is 14.6. The van der Waals surface area contributed by atoms with Crippen LogP contribution >= 0.6 is 0 Å². The fourth-order valence-corrected chi connectivity index (χ4v) is 14.5. The van der Waals surface area contributed by atoms with E-state index in [1.54, 1.807) is 0 Å². The lowest BCUT2D eigenvalue weighted by Gasteiger charge is -2.26. The van der Waals surface area contributed by atoms with Crippen molar-refractivity contribution in [2.75, 3.05) is 134 Å². The van der Waals surface area contributed by atoms with Crippen molar-refractivity contribution >= 4 is 0 Å². The number of benzene rings is 5. The molecule has 3 aliphatic rings. The Labute approximate surface area is 733 Å². The zero-order valence-electron chi connectivity index (χ0n) is 76.1. The first-order valence-electron chi connectivity index (χ1n) is 45.3. The smallest absolute Gasteiger partial charge is 0.145 e. The third kappa shape index (κ3) is 33.3. The van der Waals surface area contributed by atoms with Crippen molar-refractivity contribution in [1.29, 1.82) is 0 Å². The van der Waals surface area contributed by atoms with E-state index in [9.17, 15) is 10.2 Å². The summed E-state index contributed by atoms with van der Waals surface area (Å²) in [5, 5.41) is 55.5. The monoisotopic (exact) mass is 1690 g/mol. The molecular weight excluding hydrogens is 1550 g/mol. The Morgan fingerprint density at radius 3 is 0.943 bits per heavy atom. The van der Waals surface area contributed by atoms with Gasteiger partial charge in [0.15, 0.2) is 0 Å². The molecule has 5 aromatic heterocycles. The third-order valence-corrected chi connectivity index (χ3v) is 22.4. The molecule has 123 heavy (non-hydrogen) atoms. The second kappa shape index (κ2) is 54.5. The van der Waals surface area contributed by atoms with Gasteiger partial charge < -0.3 is 72.6 Å². The van der Waals surface area contributed by atoms with Gasteiger partial charge in [-0.2, -0.15) is 25.5 Å². The summed E-state index contributed by atoms with van der Waals surface area (Å²) in [6.45, 7) is 33.5. The molecule has 3 atom stereocenters. The summed E-state index contributed by atoms with van der Waals surface area (Å²) in [6.07, 6.45) is 25.7. The Morgan fingerprint density at radius 2 is 0.667 bits per heavy atom. The highest BCUT2D eigenvalue weighted by atomic mass is 16.6. The van der Waals surface area contributed by atoms with E-state index in [-0.39, 0.29) is 37.4 Å². The summed E-state index contributed by atoms with van der Waals surface area (Å²) in [6, 6.07) is 40.7. The number of nitrogens with one attached hydrogen (secondary N) is 5. The number of hydrogen-bond acceptors (Lipinski definition) is 20. The van der Waals surface area contributed by atoms with Crippen molar-refractivity contribution in [3.63, 3.8) is 0 Å². The largest absolute Gasteiger partial charge is 0.493 e. The molecule has 13 rings (SSSR count). The Hall–Kier alpha value is -9.25. The van der Waals surface area contributed by atoms with Crippen molar-refractivity contribution in [2.45, 2.75) is 196 Å². The van der Waals surface area contributed by atoms with E-state index in [0.29, 0.717) is 25.0 Å². The molecule has 3 fully saturated rings. The second-order valence-corrected chi connectivity index (χ2v) is 33.5. The highest BCUT2D eigenvalue weighted by Gasteiger charge is 2.23. The fourth-order valence-electron chi connectivity index (χ4n) is 14.5. The molecule has 7 N–H and O–H groups in total. The molecule has 3 aliphatic heterocycles. The molecule has 10 aromatic rings. The maximum atomic E-state index is 9.40. The number of nitrogens with zero attached hydrogens (tertiary/aromatic N) is 10. The molecule has 8 heterocycles. The first-order chi connectivity index (χ1) is 60.0. The number of aliphatic hydroxyl groups is 2. The molecule has 25 heteroatoms. The van der Waals surface area contributed by atoms with E-state index in [4.69, 9.17) is 37.9 Å². The zero-order valence-corrected chi connectivity index (χ0v) is 76.1. The van der Waals surface area contributed by atoms with Crippen LogP contribution in [0.5, 0.6) is 28.7 Å². The summed E-state index contributed by atoms with van der Waals surface area (Å²) in [5.41, 5.74) is 17.1. The Kier molecular flexibility index (Phi) is 43.2. The van der Waals surface area contributed by atoms with Gasteiger partial charge >= 0.3 is 0 Å². The number of ether oxygens (including phenoxy) is 8. The molecule has 25 nitrogen and oxygen atoms in total. The molecule has 0 saturated carbocycles. The Bertz CT molecular complexity index is 4400. The molecule has 0 radical (unpaired) electrons. The lowest BCUT2D eigenvalue weighted by Crippen LogP contribution is -2.38. The zero-order chi connectivity index (χ0) is 87.3. The van der Waals surface area contributed by atoms with Gasteiger partial charge in [-0.25, -0.2) is 0 Å². The van der Waals surface area contributed by atoms with Gasteiger partial charge in [0.2, 0.25) is 0 Å². The summed E-state index contributed by atoms with van der Waals surface area (Å²) >= 11 is 0. The third-order valence-electron chi connectivity index (χ3n) is 22.4. The van der Waals surface area contributed by atoms with E-state index >= 15 is 0 Å². The standard InChI is InChI=1S/C21H31N3O2.C20H29N3O2.C20H31N3O2.C19H29N3O2.C18H25N3O2/c1-3-4-11-24(2)15-19-14-22-23-21(19)18-5-7-20(8-6-18)26-16-17-9-12-25-13-10-17;1-3-4-10-23(2)13-18-12-21-22-20(18)17-5-7-19(8-6-17)25-15-16-9-11-24-14-16;1-5-6-11-23(4)13-17-12-21-22-20(17)16-7-9-18(10-8-16)25-19(14-24)15(2)3;1-4-6-11-22(3)13-16-12-20-21-19(16)15-7-9-18(10-8-15)24-17(5-2)14-23;1-3-4-9-21(2)11-15-10-19-20-18(15)14-5-7-16(8-6-14)23-17-12-22-13-17/h5-8,14,17H,3-4,9-13,15-16H2,1-2H3,(H,22,23);5-8,12,16H,3-4,9-11,13-15H2,1-2H3,(H,21,22);7-10,12,15,19,24H,5-6,11,13-14H2,1-4H3,(H,21,22);7-10,12,17,23H,4-6,11,13-14H2,1-3H3,(H,20,21);5-8,10,17H,3-4,9,11-13H2,1-2H3,(H,19,20). The molecular formula is C98H145N15O10. The lowest BCUT2D eigenvalue weighted by atomic mass is 10.0. The summed E-state index contributed by atoms with van der Waals surface area (Å²) in [7, 11) is 10.8. The first kappa shape index (κ1) is 97.6. The average Bonchev–Trinajstić information content (AvgIpc) is 1.73. The van der Waals surface area contributed by atoms with Crippen molar-refractivity contribution in [1.82, 2.24) is 75.5 Å². The van der Waals surface area contributed by atoms with E-state index in [1.165, 1.54) is 92.0 Å². The number of aromatic amines is 5. The Morgan fingerprint density at radius 1 is 0.366 bits per heavy atom. The predicted molar refractivity (Wildman–Crippen MR) is 493 cm³/mol. The maximum Gasteiger partial charge on any atom is 0.145 e. The van der Waals surface area contributed by atoms with Gasteiger partial charge in [0.25, 0.3) is 0 Å². The second-order valence-electron chi connectivity index (χ2n) is 33.5. The SMILES string of the molecule is CCCCN(C)Cc1cn[nH]c1-c1ccc(OC(CC)CO)cc1.CCCCN(C)Cc1cn[nH]c1-c1ccc(OC(CO)C(C)C)cc1.CCCCN(C)Cc1cn[nH]c1-c1ccc(OC2COC2)cc1.CCCCN(C)Cc1cn[nH]c1-c1ccc(OCC2CCOC2)cc1.CCCCN(C)Cc1cn[nH]c1-c1ccc(OCC2CCOCC2)cc1. The van der Waals surface area contributed by atoms with Gasteiger partial charge in [0, 0.05) is 114 Å². The van der Waals surface area contributed by atoms with Gasteiger partial charge in [-0.05, 0) is 259 Å². The van der Waals surface area contributed by atoms with Crippen molar-refractivity contribution in [3.05, 3.63) is 180 Å². The minimum absolute atomic E-state index is 0.0220. The highest BCUT2D eigenvalue weighted by Crippen LogP contribution is 2.32. The number of rotatable bonds is 46. The van der Waals surface area contributed by atoms with Crippen LogP contribution in [0, 0.1) is 17.8 Å².